The molecule has 2 rings (SSSR count). The second-order valence-corrected chi connectivity index (χ2v) is 8.78. The molecule has 5 unspecified atom stereocenters. The van der Waals surface area contributed by atoms with Crippen LogP contribution < -0.4 is 5.32 Å². The molecule has 1 saturated heterocycles. The van der Waals surface area contributed by atoms with E-state index in [1.807, 2.05) is 7.05 Å². The van der Waals surface area contributed by atoms with Crippen LogP contribution in [-0.4, -0.2) is 19.3 Å². The van der Waals surface area contributed by atoms with E-state index in [0.717, 1.165) is 3.79 Å². The fourth-order valence-corrected chi connectivity index (χ4v) is 5.92. The van der Waals surface area contributed by atoms with Crippen molar-refractivity contribution in [3.05, 3.63) is 19.2 Å². The van der Waals surface area contributed by atoms with Crippen LogP contribution in [0.25, 0.3) is 0 Å². The Hall–Kier alpha value is 0.580. The summed E-state index contributed by atoms with van der Waals surface area (Å²) in [6, 6.07) is 2.54. The number of rotatable bonds is 3. The van der Waals surface area contributed by atoms with Crippen molar-refractivity contribution in [2.24, 2.45) is 11.8 Å². The summed E-state index contributed by atoms with van der Waals surface area (Å²) in [4.78, 5) is 0. The second kappa shape index (κ2) is 5.92. The molecule has 0 amide bonds. The molecule has 0 saturated carbocycles. The maximum absolute atomic E-state index is 5.97. The SMILES string of the molecule is CNC(c1cc(Br)sc1Br)C1C(C)OC(C)C1C. The van der Waals surface area contributed by atoms with E-state index in [2.05, 4.69) is 64.0 Å². The molecule has 5 heteroatoms. The van der Waals surface area contributed by atoms with E-state index in [-0.39, 0.29) is 6.10 Å². The van der Waals surface area contributed by atoms with Crippen LogP contribution in [0.5, 0.6) is 0 Å². The maximum atomic E-state index is 5.97. The highest BCUT2D eigenvalue weighted by molar-refractivity contribution is 9.12. The van der Waals surface area contributed by atoms with Gasteiger partial charge in [0.25, 0.3) is 0 Å². The molecule has 0 aromatic carbocycles. The number of ether oxygens (including phenoxy) is 1. The quantitative estimate of drug-likeness (QED) is 0.806. The van der Waals surface area contributed by atoms with Gasteiger partial charge in [-0.1, -0.05) is 6.92 Å². The average Bonchev–Trinajstić information content (AvgIpc) is 2.74. The zero-order chi connectivity index (χ0) is 13.4. The van der Waals surface area contributed by atoms with Gasteiger partial charge in [0, 0.05) is 12.0 Å². The van der Waals surface area contributed by atoms with Gasteiger partial charge in [-0.3, -0.25) is 0 Å². The van der Waals surface area contributed by atoms with Gasteiger partial charge in [0.1, 0.15) is 0 Å². The van der Waals surface area contributed by atoms with Crippen LogP contribution in [0.2, 0.25) is 0 Å². The molecule has 1 aliphatic heterocycles. The fraction of sp³-hybridized carbons (Fsp3) is 0.692. The van der Waals surface area contributed by atoms with Crippen LogP contribution in [0, 0.1) is 11.8 Å². The van der Waals surface area contributed by atoms with Gasteiger partial charge in [0.15, 0.2) is 0 Å². The van der Waals surface area contributed by atoms with Gasteiger partial charge in [-0.05, 0) is 70.3 Å². The van der Waals surface area contributed by atoms with Crippen LogP contribution in [-0.2, 0) is 4.74 Å². The Morgan fingerprint density at radius 2 is 1.94 bits per heavy atom. The van der Waals surface area contributed by atoms with Gasteiger partial charge in [-0.15, -0.1) is 11.3 Å². The summed E-state index contributed by atoms with van der Waals surface area (Å²) < 4.78 is 8.34. The van der Waals surface area contributed by atoms with Gasteiger partial charge in [0.05, 0.1) is 19.8 Å². The topological polar surface area (TPSA) is 21.3 Å². The lowest BCUT2D eigenvalue weighted by molar-refractivity contribution is 0.0478. The molecular weight excluding hydrogens is 378 g/mol. The fourth-order valence-electron chi connectivity index (χ4n) is 2.99. The van der Waals surface area contributed by atoms with Crippen molar-refractivity contribution in [3.8, 4) is 0 Å². The van der Waals surface area contributed by atoms with Crippen molar-refractivity contribution < 1.29 is 4.74 Å². The summed E-state index contributed by atoms with van der Waals surface area (Å²) in [6.45, 7) is 6.65. The van der Waals surface area contributed by atoms with Gasteiger partial charge in [0.2, 0.25) is 0 Å². The van der Waals surface area contributed by atoms with E-state index >= 15 is 0 Å². The van der Waals surface area contributed by atoms with Crippen molar-refractivity contribution >= 4 is 43.2 Å². The molecule has 102 valence electrons. The molecular formula is C13H19Br2NOS. The summed E-state index contributed by atoms with van der Waals surface area (Å²) in [6.07, 6.45) is 0.625. The maximum Gasteiger partial charge on any atom is 0.0758 e. The first-order valence-electron chi connectivity index (χ1n) is 6.23. The first kappa shape index (κ1) is 15.0. The Kier molecular flexibility index (Phi) is 4.92. The van der Waals surface area contributed by atoms with Crippen LogP contribution in [0.1, 0.15) is 32.4 Å². The van der Waals surface area contributed by atoms with Crippen LogP contribution in [0.3, 0.4) is 0 Å². The highest BCUT2D eigenvalue weighted by Gasteiger charge is 2.42. The molecule has 0 bridgehead atoms. The molecule has 18 heavy (non-hydrogen) atoms. The van der Waals surface area contributed by atoms with Crippen molar-refractivity contribution in [1.29, 1.82) is 0 Å². The Morgan fingerprint density at radius 3 is 2.33 bits per heavy atom. The third-order valence-electron chi connectivity index (χ3n) is 4.03. The Morgan fingerprint density at radius 1 is 1.28 bits per heavy atom. The smallest absolute Gasteiger partial charge is 0.0758 e. The number of hydrogen-bond donors (Lipinski definition) is 1. The summed E-state index contributed by atoms with van der Waals surface area (Å²) in [5, 5.41) is 3.47. The van der Waals surface area contributed by atoms with Crippen LogP contribution >= 0.6 is 43.2 Å². The van der Waals surface area contributed by atoms with E-state index in [9.17, 15) is 0 Å². The Bertz CT molecular complexity index is 423. The van der Waals surface area contributed by atoms with Crippen molar-refractivity contribution in [2.45, 2.75) is 39.0 Å². The largest absolute Gasteiger partial charge is 0.375 e. The van der Waals surface area contributed by atoms with Crippen molar-refractivity contribution in [2.75, 3.05) is 7.05 Å². The highest BCUT2D eigenvalue weighted by Crippen LogP contribution is 2.44. The zero-order valence-electron chi connectivity index (χ0n) is 11.0. The predicted octanol–water partition coefficient (Wildman–Crippen LogP) is 4.59. The third kappa shape index (κ3) is 2.70. The normalized spacial score (nSPS) is 33.9. The zero-order valence-corrected chi connectivity index (χ0v) is 15.0. The molecule has 2 heterocycles. The van der Waals surface area contributed by atoms with Crippen molar-refractivity contribution in [3.63, 3.8) is 0 Å². The molecule has 0 aliphatic carbocycles. The molecule has 0 spiro atoms. The van der Waals surface area contributed by atoms with Gasteiger partial charge in [-0.2, -0.15) is 0 Å². The Labute approximate surface area is 130 Å². The molecule has 1 aromatic heterocycles. The first-order chi connectivity index (χ1) is 8.45. The summed E-state index contributed by atoms with van der Waals surface area (Å²) >= 11 is 8.96. The van der Waals surface area contributed by atoms with Crippen molar-refractivity contribution in [1.82, 2.24) is 5.32 Å². The number of thiophene rings is 1. The monoisotopic (exact) mass is 395 g/mol. The molecule has 0 radical (unpaired) electrons. The van der Waals surface area contributed by atoms with Crippen LogP contribution in [0.15, 0.2) is 13.6 Å². The molecule has 1 fully saturated rings. The lowest BCUT2D eigenvalue weighted by Crippen LogP contribution is -2.33. The number of nitrogens with one attached hydrogen (secondary N) is 1. The van der Waals surface area contributed by atoms with Gasteiger partial charge >= 0.3 is 0 Å². The third-order valence-corrected chi connectivity index (χ3v) is 6.42. The summed E-state index contributed by atoms with van der Waals surface area (Å²) in [7, 11) is 2.03. The van der Waals surface area contributed by atoms with E-state index in [0.29, 0.717) is 24.0 Å². The minimum absolute atomic E-state index is 0.290. The minimum Gasteiger partial charge on any atom is -0.375 e. The number of hydrogen-bond acceptors (Lipinski definition) is 3. The predicted molar refractivity (Wildman–Crippen MR) is 84.2 cm³/mol. The van der Waals surface area contributed by atoms with E-state index in [1.54, 1.807) is 11.3 Å². The minimum atomic E-state index is 0.290. The van der Waals surface area contributed by atoms with E-state index in [4.69, 9.17) is 4.74 Å². The molecule has 5 atom stereocenters. The second-order valence-electron chi connectivity index (χ2n) is 5.03. The first-order valence-corrected chi connectivity index (χ1v) is 8.63. The molecule has 1 aliphatic rings. The Balaban J connectivity index is 2.31. The number of halogens is 2. The highest BCUT2D eigenvalue weighted by atomic mass is 79.9. The summed E-state index contributed by atoms with van der Waals surface area (Å²) in [5.41, 5.74) is 1.33. The standard InChI is InChI=1S/C13H19Br2NOS/c1-6-7(2)17-8(3)11(6)12(16-4)9-5-10(14)18-13(9)15/h5-8,11-12,16H,1-4H3. The lowest BCUT2D eigenvalue weighted by Gasteiger charge is -2.28. The molecule has 1 aromatic rings. The van der Waals surface area contributed by atoms with Gasteiger partial charge in [-0.25, -0.2) is 0 Å². The molecule has 1 N–H and O–H groups in total. The van der Waals surface area contributed by atoms with Crippen LogP contribution in [0.4, 0.5) is 0 Å². The average molecular weight is 397 g/mol. The van der Waals surface area contributed by atoms with E-state index in [1.165, 1.54) is 9.35 Å². The lowest BCUT2D eigenvalue weighted by atomic mass is 9.81. The summed E-state index contributed by atoms with van der Waals surface area (Å²) in [5.74, 6) is 1.06. The van der Waals surface area contributed by atoms with Gasteiger partial charge < -0.3 is 10.1 Å². The molecule has 2 nitrogen and oxygen atoms in total. The van der Waals surface area contributed by atoms with E-state index < -0.39 is 0 Å².